The van der Waals surface area contributed by atoms with Crippen LogP contribution in [-0.2, 0) is 4.84 Å². The van der Waals surface area contributed by atoms with Crippen LogP contribution in [0.3, 0.4) is 0 Å². The Labute approximate surface area is 52.5 Å². The molecule has 1 heterocycles. The number of hydroxylamine groups is 1. The third-order valence-corrected chi connectivity index (χ3v) is 1.65. The zero-order valence-corrected chi connectivity index (χ0v) is 5.49. The molecule has 0 fully saturated rings. The highest BCUT2D eigenvalue weighted by Gasteiger charge is 2.03. The summed E-state index contributed by atoms with van der Waals surface area (Å²) in [5.74, 6) is 1.08. The minimum Gasteiger partial charge on any atom is -0.278 e. The Morgan fingerprint density at radius 1 is 1.88 bits per heavy atom. The summed E-state index contributed by atoms with van der Waals surface area (Å²) in [7, 11) is 1.58. The maximum Gasteiger partial charge on any atom is 0.180 e. The molecule has 0 amide bonds. The molecular weight excluding hydrogens is 124 g/mol. The predicted octanol–water partition coefficient (Wildman–Crippen LogP) is 0.240. The van der Waals surface area contributed by atoms with E-state index in [1.165, 1.54) is 0 Å². The standard InChI is InChI=1S/C4H8N2OS/c1-7-6-4-5-2-3-8-4/h2-3H2,1H3,(H,5,6). The number of hydrogen-bond donors (Lipinski definition) is 1. The van der Waals surface area contributed by atoms with Crippen molar-refractivity contribution in [2.75, 3.05) is 19.4 Å². The van der Waals surface area contributed by atoms with Crippen molar-refractivity contribution in [3.8, 4) is 0 Å². The molecule has 46 valence electrons. The van der Waals surface area contributed by atoms with Crippen LogP contribution in [0, 0.1) is 0 Å². The molecule has 0 atom stereocenters. The average Bonchev–Trinajstić information content (AvgIpc) is 2.19. The fourth-order valence-electron chi connectivity index (χ4n) is 0.484. The number of thioether (sulfide) groups is 1. The fraction of sp³-hybridized carbons (Fsp3) is 0.750. The van der Waals surface area contributed by atoms with Gasteiger partial charge >= 0.3 is 0 Å². The molecule has 3 nitrogen and oxygen atoms in total. The predicted molar refractivity (Wildman–Crippen MR) is 34.9 cm³/mol. The van der Waals surface area contributed by atoms with E-state index in [2.05, 4.69) is 15.3 Å². The zero-order valence-electron chi connectivity index (χ0n) is 4.68. The molecule has 1 aliphatic heterocycles. The highest BCUT2D eigenvalue weighted by molar-refractivity contribution is 8.14. The molecule has 0 aliphatic carbocycles. The Hall–Kier alpha value is -0.220. The van der Waals surface area contributed by atoms with Gasteiger partial charge in [-0.25, -0.2) is 5.48 Å². The maximum absolute atomic E-state index is 4.62. The molecule has 0 unspecified atom stereocenters. The first-order valence-corrected chi connectivity index (χ1v) is 3.38. The first-order valence-electron chi connectivity index (χ1n) is 2.40. The van der Waals surface area contributed by atoms with Crippen molar-refractivity contribution in [1.82, 2.24) is 5.48 Å². The third-order valence-electron chi connectivity index (χ3n) is 0.775. The molecule has 0 bridgehead atoms. The average molecular weight is 132 g/mol. The molecule has 0 spiro atoms. The van der Waals surface area contributed by atoms with Crippen LogP contribution in [0.5, 0.6) is 0 Å². The van der Waals surface area contributed by atoms with Gasteiger partial charge in [-0.05, 0) is 0 Å². The van der Waals surface area contributed by atoms with Crippen molar-refractivity contribution in [1.29, 1.82) is 0 Å². The molecule has 0 aromatic rings. The van der Waals surface area contributed by atoms with Crippen molar-refractivity contribution in [3.63, 3.8) is 0 Å². The summed E-state index contributed by atoms with van der Waals surface area (Å²) < 4.78 is 0. The van der Waals surface area contributed by atoms with Gasteiger partial charge in [-0.15, -0.1) is 0 Å². The minimum absolute atomic E-state index is 0.896. The summed E-state index contributed by atoms with van der Waals surface area (Å²) in [6.45, 7) is 0.913. The largest absolute Gasteiger partial charge is 0.278 e. The van der Waals surface area contributed by atoms with E-state index in [-0.39, 0.29) is 0 Å². The van der Waals surface area contributed by atoms with Crippen molar-refractivity contribution >= 4 is 16.9 Å². The molecule has 1 N–H and O–H groups in total. The Bertz CT molecular complexity index is 104. The van der Waals surface area contributed by atoms with Gasteiger partial charge in [0.15, 0.2) is 5.17 Å². The van der Waals surface area contributed by atoms with Crippen molar-refractivity contribution in [2.45, 2.75) is 0 Å². The fourth-order valence-corrected chi connectivity index (χ4v) is 1.18. The molecule has 8 heavy (non-hydrogen) atoms. The van der Waals surface area contributed by atoms with Crippen molar-refractivity contribution in [2.24, 2.45) is 4.99 Å². The van der Waals surface area contributed by atoms with Gasteiger partial charge in [0.25, 0.3) is 0 Å². The number of amidine groups is 1. The molecule has 4 heteroatoms. The summed E-state index contributed by atoms with van der Waals surface area (Å²) in [4.78, 5) is 8.69. The molecule has 1 rings (SSSR count). The number of aliphatic imine (C=N–C) groups is 1. The third kappa shape index (κ3) is 1.38. The normalized spacial score (nSPS) is 18.4. The van der Waals surface area contributed by atoms with Gasteiger partial charge < -0.3 is 0 Å². The lowest BCUT2D eigenvalue weighted by atomic mass is 10.8. The van der Waals surface area contributed by atoms with Crippen LogP contribution in [0.1, 0.15) is 0 Å². The number of nitrogens with zero attached hydrogens (tertiary/aromatic N) is 1. The van der Waals surface area contributed by atoms with Crippen LogP contribution < -0.4 is 5.48 Å². The molecule has 0 saturated heterocycles. The van der Waals surface area contributed by atoms with E-state index < -0.39 is 0 Å². The quantitative estimate of drug-likeness (QED) is 0.519. The van der Waals surface area contributed by atoms with Crippen molar-refractivity contribution in [3.05, 3.63) is 0 Å². The van der Waals surface area contributed by atoms with Crippen LogP contribution in [0.25, 0.3) is 0 Å². The van der Waals surface area contributed by atoms with Gasteiger partial charge in [0.1, 0.15) is 0 Å². The van der Waals surface area contributed by atoms with Gasteiger partial charge in [-0.1, -0.05) is 11.8 Å². The zero-order chi connectivity index (χ0) is 5.82. The first kappa shape index (κ1) is 5.91. The molecule has 0 saturated carbocycles. The summed E-state index contributed by atoms with van der Waals surface area (Å²) in [6.07, 6.45) is 0. The van der Waals surface area contributed by atoms with E-state index in [0.717, 1.165) is 17.5 Å². The lowest BCUT2D eigenvalue weighted by Crippen LogP contribution is -2.16. The van der Waals surface area contributed by atoms with Crippen LogP contribution in [0.2, 0.25) is 0 Å². The molecule has 0 aromatic carbocycles. The number of nitrogens with one attached hydrogen (secondary N) is 1. The van der Waals surface area contributed by atoms with E-state index in [0.29, 0.717) is 0 Å². The van der Waals surface area contributed by atoms with Crippen LogP contribution in [0.15, 0.2) is 4.99 Å². The van der Waals surface area contributed by atoms with E-state index in [1.807, 2.05) is 0 Å². The highest BCUT2D eigenvalue weighted by atomic mass is 32.2. The second kappa shape index (κ2) is 2.94. The highest BCUT2D eigenvalue weighted by Crippen LogP contribution is 2.07. The van der Waals surface area contributed by atoms with Gasteiger partial charge in [0.05, 0.1) is 13.7 Å². The van der Waals surface area contributed by atoms with Gasteiger partial charge in [0.2, 0.25) is 0 Å². The van der Waals surface area contributed by atoms with E-state index in [1.54, 1.807) is 18.9 Å². The summed E-state index contributed by atoms with van der Waals surface area (Å²) >= 11 is 1.68. The van der Waals surface area contributed by atoms with Crippen molar-refractivity contribution < 1.29 is 4.84 Å². The molecular formula is C4H8N2OS. The molecule has 1 aliphatic rings. The SMILES string of the molecule is CONC1=NCCS1. The number of rotatable bonds is 1. The Morgan fingerprint density at radius 3 is 3.25 bits per heavy atom. The number of hydrogen-bond acceptors (Lipinski definition) is 4. The molecule has 0 aromatic heterocycles. The Morgan fingerprint density at radius 2 is 2.75 bits per heavy atom. The van der Waals surface area contributed by atoms with Crippen LogP contribution in [-0.4, -0.2) is 24.6 Å². The van der Waals surface area contributed by atoms with E-state index >= 15 is 0 Å². The lowest BCUT2D eigenvalue weighted by Gasteiger charge is -1.97. The lowest BCUT2D eigenvalue weighted by molar-refractivity contribution is 0.147. The molecule has 0 radical (unpaired) electrons. The summed E-state index contributed by atoms with van der Waals surface area (Å²) in [5.41, 5.74) is 2.66. The van der Waals surface area contributed by atoms with E-state index in [9.17, 15) is 0 Å². The minimum atomic E-state index is 0.896. The first-order chi connectivity index (χ1) is 3.93. The summed E-state index contributed by atoms with van der Waals surface area (Å²) in [6, 6.07) is 0. The van der Waals surface area contributed by atoms with E-state index in [4.69, 9.17) is 0 Å². The maximum atomic E-state index is 4.62. The van der Waals surface area contributed by atoms with Gasteiger partial charge in [-0.3, -0.25) is 9.83 Å². The topological polar surface area (TPSA) is 33.6 Å². The smallest absolute Gasteiger partial charge is 0.180 e. The van der Waals surface area contributed by atoms with Crippen LogP contribution in [0.4, 0.5) is 0 Å². The van der Waals surface area contributed by atoms with Gasteiger partial charge in [-0.2, -0.15) is 0 Å². The Balaban J connectivity index is 2.23. The van der Waals surface area contributed by atoms with Crippen LogP contribution >= 0.6 is 11.8 Å². The Kier molecular flexibility index (Phi) is 2.17. The summed E-state index contributed by atoms with van der Waals surface area (Å²) in [5, 5.41) is 0.896. The second-order valence-corrected chi connectivity index (χ2v) is 2.43. The van der Waals surface area contributed by atoms with Gasteiger partial charge in [0, 0.05) is 5.75 Å². The second-order valence-electron chi connectivity index (χ2n) is 1.34. The monoisotopic (exact) mass is 132 g/mol.